The normalized spacial score (nSPS) is 27.1. The minimum Gasteiger partial charge on any atom is -0.267 e. The van der Waals surface area contributed by atoms with Crippen LogP contribution in [0.4, 0.5) is 8.78 Å². The second kappa shape index (κ2) is 5.23. The largest absolute Gasteiger partial charge is 0.278 e. The summed E-state index contributed by atoms with van der Waals surface area (Å²) in [4.78, 5) is 21.2. The van der Waals surface area contributed by atoms with Crippen LogP contribution in [0.15, 0.2) is 23.1 Å². The minimum atomic E-state index is -2.57. The zero-order chi connectivity index (χ0) is 17.2. The van der Waals surface area contributed by atoms with Crippen LogP contribution in [-0.4, -0.2) is 20.5 Å². The van der Waals surface area contributed by atoms with Crippen LogP contribution in [0.5, 0.6) is 0 Å². The van der Waals surface area contributed by atoms with E-state index in [1.54, 1.807) is 19.1 Å². The molecule has 0 N–H and O–H groups in total. The van der Waals surface area contributed by atoms with Crippen LogP contribution in [-0.2, 0) is 0 Å². The van der Waals surface area contributed by atoms with Crippen molar-refractivity contribution in [2.24, 2.45) is 11.8 Å². The van der Waals surface area contributed by atoms with Crippen LogP contribution >= 0.6 is 23.2 Å². The molecule has 4 nitrogen and oxygen atoms in total. The predicted octanol–water partition coefficient (Wildman–Crippen LogP) is 4.00. The molecular weight excluding hydrogens is 359 g/mol. The Morgan fingerprint density at radius 2 is 1.92 bits per heavy atom. The van der Waals surface area contributed by atoms with Crippen molar-refractivity contribution in [2.75, 3.05) is 0 Å². The van der Waals surface area contributed by atoms with E-state index < -0.39 is 23.3 Å². The van der Waals surface area contributed by atoms with Crippen LogP contribution in [0, 0.1) is 18.8 Å². The van der Waals surface area contributed by atoms with Gasteiger partial charge in [-0.3, -0.25) is 4.79 Å². The van der Waals surface area contributed by atoms with Crippen molar-refractivity contribution >= 4 is 23.2 Å². The fourth-order valence-electron chi connectivity index (χ4n) is 3.65. The lowest BCUT2D eigenvalue weighted by Crippen LogP contribution is -2.28. The monoisotopic (exact) mass is 371 g/mol. The molecule has 126 valence electrons. The van der Waals surface area contributed by atoms with E-state index in [0.717, 1.165) is 0 Å². The minimum absolute atomic E-state index is 0.00369. The van der Waals surface area contributed by atoms with Gasteiger partial charge in [0.15, 0.2) is 0 Å². The van der Waals surface area contributed by atoms with Gasteiger partial charge in [0.1, 0.15) is 16.7 Å². The first-order chi connectivity index (χ1) is 11.3. The molecule has 4 rings (SSSR count). The standard InChI is InChI=1S/C16H13Cl2F2N3O/c1-7-13(18)15(24)23(12-3-2-9(17)6-21-12)14(22-7)8-4-10-11(5-8)16(10,19)20/h2-3,6,8,10-11H,4-5H2,1H3/t8?,10-,11+. The maximum Gasteiger partial charge on any atom is 0.278 e. The predicted molar refractivity (Wildman–Crippen MR) is 86.3 cm³/mol. The third-order valence-electron chi connectivity index (χ3n) is 4.97. The molecule has 0 aliphatic heterocycles. The summed E-state index contributed by atoms with van der Waals surface area (Å²) in [7, 11) is 0. The van der Waals surface area contributed by atoms with Crippen LogP contribution < -0.4 is 5.56 Å². The molecule has 8 heteroatoms. The topological polar surface area (TPSA) is 47.8 Å². The molecule has 24 heavy (non-hydrogen) atoms. The Balaban J connectivity index is 1.82. The average Bonchev–Trinajstić information content (AvgIpc) is 2.91. The van der Waals surface area contributed by atoms with Crippen LogP contribution in [0.25, 0.3) is 5.82 Å². The van der Waals surface area contributed by atoms with Gasteiger partial charge in [-0.15, -0.1) is 0 Å². The Morgan fingerprint density at radius 3 is 2.50 bits per heavy atom. The number of halogens is 4. The van der Waals surface area contributed by atoms with E-state index >= 15 is 0 Å². The zero-order valence-electron chi connectivity index (χ0n) is 12.6. The van der Waals surface area contributed by atoms with Gasteiger partial charge in [-0.05, 0) is 31.9 Å². The van der Waals surface area contributed by atoms with Crippen molar-refractivity contribution in [3.8, 4) is 5.82 Å². The van der Waals surface area contributed by atoms with Gasteiger partial charge < -0.3 is 0 Å². The molecule has 0 aromatic carbocycles. The van der Waals surface area contributed by atoms with Crippen molar-refractivity contribution in [1.82, 2.24) is 14.5 Å². The average molecular weight is 372 g/mol. The highest BCUT2D eigenvalue weighted by Gasteiger charge is 2.71. The third kappa shape index (κ3) is 2.27. The van der Waals surface area contributed by atoms with Crippen LogP contribution in [0.1, 0.15) is 30.3 Å². The van der Waals surface area contributed by atoms with E-state index in [0.29, 0.717) is 35.2 Å². The van der Waals surface area contributed by atoms with Gasteiger partial charge in [-0.2, -0.15) is 0 Å². The second-order valence-corrected chi connectivity index (χ2v) is 7.21. The maximum atomic E-state index is 13.5. The highest BCUT2D eigenvalue weighted by Crippen LogP contribution is 2.67. The fourth-order valence-corrected chi connectivity index (χ4v) is 3.89. The molecule has 0 spiro atoms. The summed E-state index contributed by atoms with van der Waals surface area (Å²) in [6, 6.07) is 3.19. The number of aromatic nitrogens is 3. The summed E-state index contributed by atoms with van der Waals surface area (Å²) >= 11 is 11.9. The number of rotatable bonds is 2. The molecule has 2 saturated carbocycles. The summed E-state index contributed by atoms with van der Waals surface area (Å²) in [5, 5.41) is 0.435. The van der Waals surface area contributed by atoms with Crippen molar-refractivity contribution in [3.63, 3.8) is 0 Å². The molecule has 1 unspecified atom stereocenters. The summed E-state index contributed by atoms with van der Waals surface area (Å²) in [6.45, 7) is 1.64. The first-order valence-corrected chi connectivity index (χ1v) is 8.35. The first-order valence-electron chi connectivity index (χ1n) is 7.59. The molecule has 2 heterocycles. The van der Waals surface area contributed by atoms with Crippen LogP contribution in [0.2, 0.25) is 10.0 Å². The van der Waals surface area contributed by atoms with Crippen LogP contribution in [0.3, 0.4) is 0 Å². The highest BCUT2D eigenvalue weighted by molar-refractivity contribution is 6.31. The van der Waals surface area contributed by atoms with Crippen molar-refractivity contribution in [1.29, 1.82) is 0 Å². The van der Waals surface area contributed by atoms with Gasteiger partial charge >= 0.3 is 0 Å². The van der Waals surface area contributed by atoms with Gasteiger partial charge in [0.25, 0.3) is 11.5 Å². The molecule has 0 amide bonds. The Morgan fingerprint density at radius 1 is 1.25 bits per heavy atom. The Hall–Kier alpha value is -1.53. The number of pyridine rings is 1. The quantitative estimate of drug-likeness (QED) is 0.801. The van der Waals surface area contributed by atoms with Gasteiger partial charge in [-0.25, -0.2) is 23.3 Å². The molecule has 0 bridgehead atoms. The summed E-state index contributed by atoms with van der Waals surface area (Å²) in [5.41, 5.74) is -0.0458. The lowest BCUT2D eigenvalue weighted by Gasteiger charge is -2.19. The number of alkyl halides is 2. The number of fused-ring (bicyclic) bond motifs is 1. The molecule has 3 atom stereocenters. The summed E-state index contributed by atoms with van der Waals surface area (Å²) in [6.07, 6.45) is 2.05. The summed E-state index contributed by atoms with van der Waals surface area (Å²) in [5.74, 6) is -3.22. The van der Waals surface area contributed by atoms with E-state index in [-0.39, 0.29) is 10.9 Å². The Bertz CT molecular complexity index is 868. The van der Waals surface area contributed by atoms with Crippen molar-refractivity contribution in [2.45, 2.75) is 31.6 Å². The van der Waals surface area contributed by atoms with E-state index in [2.05, 4.69) is 9.97 Å². The number of hydrogen-bond acceptors (Lipinski definition) is 3. The summed E-state index contributed by atoms with van der Waals surface area (Å²) < 4.78 is 28.3. The molecule has 2 fully saturated rings. The molecule has 0 radical (unpaired) electrons. The van der Waals surface area contributed by atoms with Gasteiger partial charge in [-0.1, -0.05) is 23.2 Å². The lowest BCUT2D eigenvalue weighted by molar-refractivity contribution is 0.0689. The molecule has 0 saturated heterocycles. The fraction of sp³-hybridized carbons (Fsp3) is 0.438. The smallest absolute Gasteiger partial charge is 0.267 e. The van der Waals surface area contributed by atoms with E-state index in [1.807, 2.05) is 0 Å². The van der Waals surface area contributed by atoms with Crippen molar-refractivity contribution in [3.05, 3.63) is 50.2 Å². The van der Waals surface area contributed by atoms with Gasteiger partial charge in [0, 0.05) is 24.0 Å². The SMILES string of the molecule is Cc1nc(C2C[C@@H]3[C@H](C2)C3(F)F)n(-c2ccc(Cl)cn2)c(=O)c1Cl. The Labute approximate surface area is 146 Å². The zero-order valence-corrected chi connectivity index (χ0v) is 14.2. The van der Waals surface area contributed by atoms with Crippen molar-refractivity contribution < 1.29 is 8.78 Å². The van der Waals surface area contributed by atoms with Gasteiger partial charge in [0.05, 0.1) is 10.7 Å². The molecule has 2 aliphatic rings. The molecule has 2 aliphatic carbocycles. The second-order valence-electron chi connectivity index (χ2n) is 6.40. The van der Waals surface area contributed by atoms with E-state index in [1.165, 1.54) is 10.8 Å². The maximum absolute atomic E-state index is 13.5. The highest BCUT2D eigenvalue weighted by atomic mass is 35.5. The molecule has 2 aromatic heterocycles. The molecule has 2 aromatic rings. The lowest BCUT2D eigenvalue weighted by atomic mass is 10.0. The van der Waals surface area contributed by atoms with Gasteiger partial charge in [0.2, 0.25) is 0 Å². The molecular formula is C16H13Cl2F2N3O. The first kappa shape index (κ1) is 16.0. The van der Waals surface area contributed by atoms with E-state index in [9.17, 15) is 13.6 Å². The number of nitrogens with zero attached hydrogens (tertiary/aromatic N) is 3. The Kier molecular flexibility index (Phi) is 3.48. The van der Waals surface area contributed by atoms with E-state index in [4.69, 9.17) is 23.2 Å². The third-order valence-corrected chi connectivity index (χ3v) is 5.63. The number of aryl methyl sites for hydroxylation is 1. The number of hydrogen-bond donors (Lipinski definition) is 0.